The van der Waals surface area contributed by atoms with Gasteiger partial charge in [0.15, 0.2) is 0 Å². The minimum atomic E-state index is -1.78. The first-order valence-corrected chi connectivity index (χ1v) is 11.2. The van der Waals surface area contributed by atoms with Crippen LogP contribution in [0.5, 0.6) is 0 Å². The number of hydrogen-bond donors (Lipinski definition) is 0. The van der Waals surface area contributed by atoms with Gasteiger partial charge in [0, 0.05) is 0 Å². The molecule has 0 bridgehead atoms. The normalized spacial score (nSPS) is 11.5. The molecule has 0 aromatic heterocycles. The van der Waals surface area contributed by atoms with Crippen molar-refractivity contribution in [3.05, 3.63) is 12.2 Å². The summed E-state index contributed by atoms with van der Waals surface area (Å²) in [5.41, 5.74) is 1.23. The Morgan fingerprint density at radius 2 is 2.00 bits per heavy atom. The van der Waals surface area contributed by atoms with Crippen LogP contribution in [-0.4, -0.2) is 12.3 Å². The molecule has 0 aromatic carbocycles. The van der Waals surface area contributed by atoms with Crippen LogP contribution in [0.4, 0.5) is 0 Å². The second-order valence-electron chi connectivity index (χ2n) is 2.85. The molecule has 0 aliphatic carbocycles. The molecular formula is C6H13ClGe. The maximum atomic E-state index is 6.05. The summed E-state index contributed by atoms with van der Waals surface area (Å²) in [4.78, 5) is 0. The van der Waals surface area contributed by atoms with Gasteiger partial charge in [-0.3, -0.25) is 0 Å². The molecule has 0 aliphatic heterocycles. The van der Waals surface area contributed by atoms with Crippen LogP contribution >= 0.6 is 10.0 Å². The summed E-state index contributed by atoms with van der Waals surface area (Å²) in [5.74, 6) is 4.35. The topological polar surface area (TPSA) is 0 Å². The Balaban J connectivity index is 3.55. The number of halogens is 1. The van der Waals surface area contributed by atoms with Gasteiger partial charge in [0.2, 0.25) is 0 Å². The summed E-state index contributed by atoms with van der Waals surface area (Å²) in [5, 5.41) is 1.08. The van der Waals surface area contributed by atoms with Crippen molar-refractivity contribution in [1.82, 2.24) is 0 Å². The van der Waals surface area contributed by atoms with E-state index < -0.39 is 12.3 Å². The molecule has 8 heavy (non-hydrogen) atoms. The number of allylic oxidation sites excluding steroid dienone is 1. The molecule has 0 radical (unpaired) electrons. The van der Waals surface area contributed by atoms with Crippen molar-refractivity contribution in [3.63, 3.8) is 0 Å². The third kappa shape index (κ3) is 6.57. The first-order valence-electron chi connectivity index (χ1n) is 2.75. The quantitative estimate of drug-likeness (QED) is 0.467. The van der Waals surface area contributed by atoms with Gasteiger partial charge in [-0.2, -0.15) is 0 Å². The third-order valence-corrected chi connectivity index (χ3v) is 4.45. The van der Waals surface area contributed by atoms with E-state index in [2.05, 4.69) is 18.1 Å². The maximum absolute atomic E-state index is 6.05. The summed E-state index contributed by atoms with van der Waals surface area (Å²) >= 11 is -1.78. The fourth-order valence-corrected chi connectivity index (χ4v) is 4.91. The predicted molar refractivity (Wildman–Crippen MR) is 43.0 cm³/mol. The summed E-state index contributed by atoms with van der Waals surface area (Å²) < 4.78 is 0. The van der Waals surface area contributed by atoms with Crippen molar-refractivity contribution < 1.29 is 0 Å². The molecular weight excluding hydrogens is 180 g/mol. The van der Waals surface area contributed by atoms with E-state index in [1.807, 2.05) is 6.92 Å². The number of hydrogen-bond acceptors (Lipinski definition) is 0. The van der Waals surface area contributed by atoms with Crippen LogP contribution in [0, 0.1) is 0 Å². The predicted octanol–water partition coefficient (Wildman–Crippen LogP) is 3.01. The standard InChI is InChI=1S/C6H13ClGe/c1-6(2)5-8(3,4)7/h1,5H2,2-4H3. The van der Waals surface area contributed by atoms with Gasteiger partial charge in [-0.1, -0.05) is 0 Å². The van der Waals surface area contributed by atoms with Gasteiger partial charge in [-0.15, -0.1) is 0 Å². The average molecular weight is 193 g/mol. The van der Waals surface area contributed by atoms with Gasteiger partial charge >= 0.3 is 58.2 Å². The Kier molecular flexibility index (Phi) is 3.14. The summed E-state index contributed by atoms with van der Waals surface area (Å²) in [6.45, 7) is 5.84. The first kappa shape index (κ1) is 8.57. The van der Waals surface area contributed by atoms with Gasteiger partial charge in [-0.05, 0) is 0 Å². The summed E-state index contributed by atoms with van der Waals surface area (Å²) in [6, 6.07) is 0. The van der Waals surface area contributed by atoms with Gasteiger partial charge in [0.05, 0.1) is 0 Å². The monoisotopic (exact) mass is 194 g/mol. The molecule has 0 amide bonds. The zero-order chi connectivity index (χ0) is 6.78. The Morgan fingerprint density at radius 3 is 2.00 bits per heavy atom. The molecule has 0 aliphatic rings. The van der Waals surface area contributed by atoms with Gasteiger partial charge < -0.3 is 0 Å². The van der Waals surface area contributed by atoms with Crippen molar-refractivity contribution in [1.29, 1.82) is 0 Å². The van der Waals surface area contributed by atoms with Crippen molar-refractivity contribution in [2.45, 2.75) is 23.7 Å². The molecule has 0 atom stereocenters. The average Bonchev–Trinajstić information content (AvgIpc) is 1.21. The van der Waals surface area contributed by atoms with Crippen molar-refractivity contribution in [2.24, 2.45) is 0 Å². The molecule has 0 N–H and O–H groups in total. The molecule has 0 aromatic rings. The zero-order valence-electron chi connectivity index (χ0n) is 5.79. The SMILES string of the molecule is C=C(C)[CH2][Ge]([CH3])([CH3])[Cl]. The van der Waals surface area contributed by atoms with E-state index in [-0.39, 0.29) is 0 Å². The molecule has 0 spiro atoms. The minimum absolute atomic E-state index is 1.08. The fraction of sp³-hybridized carbons (Fsp3) is 0.667. The Hall–Kier alpha value is 0.573. The van der Waals surface area contributed by atoms with Crippen LogP contribution in [0.3, 0.4) is 0 Å². The van der Waals surface area contributed by atoms with Crippen molar-refractivity contribution in [2.75, 3.05) is 0 Å². The van der Waals surface area contributed by atoms with E-state index >= 15 is 0 Å². The second-order valence-corrected chi connectivity index (χ2v) is 16.1. The van der Waals surface area contributed by atoms with Crippen LogP contribution < -0.4 is 0 Å². The Bertz CT molecular complexity index is 91.2. The van der Waals surface area contributed by atoms with Crippen molar-refractivity contribution >= 4 is 22.3 Å². The molecule has 2 heteroatoms. The molecule has 48 valence electrons. The van der Waals surface area contributed by atoms with Crippen LogP contribution in [0.25, 0.3) is 0 Å². The zero-order valence-corrected chi connectivity index (χ0v) is 8.65. The second kappa shape index (κ2) is 2.93. The first-order chi connectivity index (χ1) is 3.42. The third-order valence-electron chi connectivity index (χ3n) is 0.722. The van der Waals surface area contributed by atoms with Crippen LogP contribution in [0.1, 0.15) is 6.92 Å². The molecule has 0 unspecified atom stereocenters. The summed E-state index contributed by atoms with van der Waals surface area (Å²) in [6.07, 6.45) is 0. The van der Waals surface area contributed by atoms with E-state index in [1.54, 1.807) is 0 Å². The molecule has 0 nitrogen and oxygen atoms in total. The van der Waals surface area contributed by atoms with E-state index in [4.69, 9.17) is 10.0 Å². The van der Waals surface area contributed by atoms with Gasteiger partial charge in [0.25, 0.3) is 0 Å². The molecule has 0 heterocycles. The molecule has 0 fully saturated rings. The van der Waals surface area contributed by atoms with Crippen molar-refractivity contribution in [3.8, 4) is 0 Å². The van der Waals surface area contributed by atoms with E-state index in [1.165, 1.54) is 5.57 Å². The molecule has 0 saturated heterocycles. The Labute approximate surface area is 58.5 Å². The van der Waals surface area contributed by atoms with Gasteiger partial charge in [0.1, 0.15) is 0 Å². The van der Waals surface area contributed by atoms with E-state index in [9.17, 15) is 0 Å². The van der Waals surface area contributed by atoms with Crippen LogP contribution in [0.2, 0.25) is 16.8 Å². The number of rotatable bonds is 2. The fourth-order valence-electron chi connectivity index (χ4n) is 0.718. The van der Waals surface area contributed by atoms with Gasteiger partial charge in [-0.25, -0.2) is 0 Å². The summed E-state index contributed by atoms with van der Waals surface area (Å²) in [7, 11) is 6.05. The van der Waals surface area contributed by atoms with Crippen LogP contribution in [0.15, 0.2) is 12.2 Å². The molecule has 0 saturated carbocycles. The van der Waals surface area contributed by atoms with E-state index in [0.29, 0.717) is 0 Å². The molecule has 0 rings (SSSR count). The Morgan fingerprint density at radius 1 is 1.62 bits per heavy atom. The van der Waals surface area contributed by atoms with E-state index in [0.717, 1.165) is 5.25 Å². The van der Waals surface area contributed by atoms with Crippen LogP contribution in [-0.2, 0) is 0 Å².